The number of carbonyl (C=O) groups excluding carboxylic acids is 2. The minimum atomic E-state index is -0.505. The average Bonchev–Trinajstić information content (AvgIpc) is 2.97. The van der Waals surface area contributed by atoms with E-state index in [1.807, 2.05) is 25.7 Å². The van der Waals surface area contributed by atoms with Crippen molar-refractivity contribution >= 4 is 12.0 Å². The summed E-state index contributed by atoms with van der Waals surface area (Å²) in [5.41, 5.74) is -0.505. The Morgan fingerprint density at radius 1 is 1.19 bits per heavy atom. The third kappa shape index (κ3) is 4.78. The zero-order valence-electron chi connectivity index (χ0n) is 16.8. The first-order valence-electron chi connectivity index (χ1n) is 9.72. The van der Waals surface area contributed by atoms with Crippen molar-refractivity contribution in [3.05, 3.63) is 11.8 Å². The SMILES string of the molecule is CC(=O)N1C[C@H](C)CC[C@H]1c1nnc([C@H]2C[C@H](NC(=O)OC(C)(C)C)C2)o1. The van der Waals surface area contributed by atoms with Gasteiger partial charge in [0.25, 0.3) is 0 Å². The number of aromatic nitrogens is 2. The Morgan fingerprint density at radius 2 is 1.85 bits per heavy atom. The van der Waals surface area contributed by atoms with Crippen molar-refractivity contribution in [2.24, 2.45) is 5.92 Å². The number of nitrogens with zero attached hydrogens (tertiary/aromatic N) is 3. The van der Waals surface area contributed by atoms with Crippen LogP contribution in [0.3, 0.4) is 0 Å². The molecule has 1 aromatic rings. The topological polar surface area (TPSA) is 97.6 Å². The lowest BCUT2D eigenvalue weighted by molar-refractivity contribution is -0.134. The summed E-state index contributed by atoms with van der Waals surface area (Å²) >= 11 is 0. The van der Waals surface area contributed by atoms with E-state index in [9.17, 15) is 9.59 Å². The van der Waals surface area contributed by atoms with E-state index in [2.05, 4.69) is 22.4 Å². The lowest BCUT2D eigenvalue weighted by Gasteiger charge is -2.36. The first kappa shape index (κ1) is 19.6. The van der Waals surface area contributed by atoms with Gasteiger partial charge in [-0.15, -0.1) is 10.2 Å². The molecule has 1 saturated carbocycles. The van der Waals surface area contributed by atoms with Gasteiger partial charge in [-0.05, 0) is 52.4 Å². The molecule has 1 saturated heterocycles. The summed E-state index contributed by atoms with van der Waals surface area (Å²) in [6.45, 7) is 9.98. The largest absolute Gasteiger partial charge is 0.444 e. The van der Waals surface area contributed by atoms with Gasteiger partial charge in [-0.1, -0.05) is 6.92 Å². The van der Waals surface area contributed by atoms with Crippen LogP contribution in [0, 0.1) is 5.92 Å². The van der Waals surface area contributed by atoms with Crippen molar-refractivity contribution in [3.63, 3.8) is 0 Å². The summed E-state index contributed by atoms with van der Waals surface area (Å²) in [6, 6.07) is -0.0693. The van der Waals surface area contributed by atoms with Crippen molar-refractivity contribution in [2.75, 3.05) is 6.54 Å². The molecule has 1 N–H and O–H groups in total. The van der Waals surface area contributed by atoms with E-state index in [4.69, 9.17) is 9.15 Å². The molecule has 8 heteroatoms. The lowest BCUT2D eigenvalue weighted by Crippen LogP contribution is -2.45. The van der Waals surface area contributed by atoms with Crippen molar-refractivity contribution in [3.8, 4) is 0 Å². The van der Waals surface area contributed by atoms with Gasteiger partial charge >= 0.3 is 6.09 Å². The van der Waals surface area contributed by atoms with Crippen LogP contribution >= 0.6 is 0 Å². The molecule has 2 amide bonds. The van der Waals surface area contributed by atoms with E-state index in [1.54, 1.807) is 6.92 Å². The van der Waals surface area contributed by atoms with Crippen LogP contribution in [-0.2, 0) is 9.53 Å². The molecule has 2 fully saturated rings. The molecule has 1 aliphatic heterocycles. The molecule has 8 nitrogen and oxygen atoms in total. The molecule has 0 aromatic carbocycles. The first-order valence-corrected chi connectivity index (χ1v) is 9.72. The maximum absolute atomic E-state index is 12.0. The molecule has 3 rings (SSSR count). The quantitative estimate of drug-likeness (QED) is 0.868. The summed E-state index contributed by atoms with van der Waals surface area (Å²) in [5, 5.41) is 11.3. The molecule has 2 atom stereocenters. The van der Waals surface area contributed by atoms with E-state index in [-0.39, 0.29) is 23.9 Å². The predicted octanol–water partition coefficient (Wildman–Crippen LogP) is 3.16. The number of likely N-dealkylation sites (tertiary alicyclic amines) is 1. The number of alkyl carbamates (subject to hydrolysis) is 1. The molecule has 1 aliphatic carbocycles. The standard InChI is InChI=1S/C19H30N4O4/c1-11-6-7-15(23(10-11)12(2)24)17-22-21-16(26-17)13-8-14(9-13)20-18(25)27-19(3,4)5/h11,13-15H,6-10H2,1-5H3,(H,20,25)/t11-,13-,14-,15+/m1/s1. The molecule has 0 spiro atoms. The van der Waals surface area contributed by atoms with Gasteiger partial charge in [0.15, 0.2) is 0 Å². The zero-order valence-corrected chi connectivity index (χ0v) is 16.8. The molecule has 0 bridgehead atoms. The number of carbonyl (C=O) groups is 2. The number of amides is 2. The number of piperidine rings is 1. The molecule has 2 aliphatic rings. The van der Waals surface area contributed by atoms with Gasteiger partial charge in [0.05, 0.1) is 0 Å². The van der Waals surface area contributed by atoms with Crippen LogP contribution in [0.4, 0.5) is 4.79 Å². The van der Waals surface area contributed by atoms with Crippen molar-refractivity contribution in [1.29, 1.82) is 0 Å². The highest BCUT2D eigenvalue weighted by Gasteiger charge is 2.38. The Hall–Kier alpha value is -2.12. The Labute approximate surface area is 160 Å². The van der Waals surface area contributed by atoms with Crippen LogP contribution in [0.25, 0.3) is 0 Å². The molecule has 0 radical (unpaired) electrons. The maximum Gasteiger partial charge on any atom is 0.407 e. The maximum atomic E-state index is 12.0. The minimum Gasteiger partial charge on any atom is -0.444 e. The van der Waals surface area contributed by atoms with E-state index < -0.39 is 11.7 Å². The van der Waals surface area contributed by atoms with E-state index in [0.29, 0.717) is 17.7 Å². The highest BCUT2D eigenvalue weighted by Crippen LogP contribution is 2.38. The summed E-state index contributed by atoms with van der Waals surface area (Å²) in [5.74, 6) is 1.78. The second-order valence-electron chi connectivity index (χ2n) is 8.86. The minimum absolute atomic E-state index is 0.0385. The fraction of sp³-hybridized carbons (Fsp3) is 0.789. The Kier molecular flexibility index (Phi) is 5.44. The average molecular weight is 378 g/mol. The summed E-state index contributed by atoms with van der Waals surface area (Å²) < 4.78 is 11.2. The van der Waals surface area contributed by atoms with Gasteiger partial charge in [0.1, 0.15) is 11.6 Å². The summed E-state index contributed by atoms with van der Waals surface area (Å²) in [7, 11) is 0. The van der Waals surface area contributed by atoms with Gasteiger partial charge in [-0.2, -0.15) is 0 Å². The van der Waals surface area contributed by atoms with Crippen LogP contribution < -0.4 is 5.32 Å². The predicted molar refractivity (Wildman–Crippen MR) is 98.0 cm³/mol. The smallest absolute Gasteiger partial charge is 0.407 e. The second-order valence-corrected chi connectivity index (χ2v) is 8.86. The first-order chi connectivity index (χ1) is 12.6. The van der Waals surface area contributed by atoms with Crippen LogP contribution in [-0.4, -0.2) is 45.3 Å². The van der Waals surface area contributed by atoms with Crippen LogP contribution in [0.1, 0.15) is 84.0 Å². The van der Waals surface area contributed by atoms with Gasteiger partial charge in [-0.3, -0.25) is 4.79 Å². The fourth-order valence-electron chi connectivity index (χ4n) is 3.72. The molecule has 150 valence electrons. The number of nitrogens with one attached hydrogen (secondary N) is 1. The molecule has 0 unspecified atom stereocenters. The molecule has 1 aromatic heterocycles. The summed E-state index contributed by atoms with van der Waals surface area (Å²) in [4.78, 5) is 25.6. The Bertz CT molecular complexity index is 690. The monoisotopic (exact) mass is 378 g/mol. The van der Waals surface area contributed by atoms with Gasteiger partial charge in [0.2, 0.25) is 17.7 Å². The Balaban J connectivity index is 1.55. The third-order valence-corrected chi connectivity index (χ3v) is 5.17. The molecular formula is C19H30N4O4. The molecule has 27 heavy (non-hydrogen) atoms. The van der Waals surface area contributed by atoms with E-state index in [1.165, 1.54) is 0 Å². The molecule has 2 heterocycles. The summed E-state index contributed by atoms with van der Waals surface area (Å²) in [6.07, 6.45) is 2.98. The van der Waals surface area contributed by atoms with Gasteiger partial charge in [0, 0.05) is 25.4 Å². The van der Waals surface area contributed by atoms with Crippen LogP contribution in [0.15, 0.2) is 4.42 Å². The lowest BCUT2D eigenvalue weighted by atomic mass is 9.80. The zero-order chi connectivity index (χ0) is 19.8. The Morgan fingerprint density at radius 3 is 2.48 bits per heavy atom. The highest BCUT2D eigenvalue weighted by molar-refractivity contribution is 5.73. The van der Waals surface area contributed by atoms with Crippen LogP contribution in [0.5, 0.6) is 0 Å². The number of hydrogen-bond donors (Lipinski definition) is 1. The number of ether oxygens (including phenoxy) is 1. The highest BCUT2D eigenvalue weighted by atomic mass is 16.6. The second kappa shape index (κ2) is 7.48. The van der Waals surface area contributed by atoms with Crippen LogP contribution in [0.2, 0.25) is 0 Å². The van der Waals surface area contributed by atoms with Gasteiger partial charge in [-0.25, -0.2) is 4.79 Å². The van der Waals surface area contributed by atoms with Crippen molar-refractivity contribution < 1.29 is 18.7 Å². The van der Waals surface area contributed by atoms with E-state index >= 15 is 0 Å². The van der Waals surface area contributed by atoms with E-state index in [0.717, 1.165) is 32.2 Å². The molecular weight excluding hydrogens is 348 g/mol. The normalized spacial score (nSPS) is 28.4. The van der Waals surface area contributed by atoms with Crippen molar-refractivity contribution in [1.82, 2.24) is 20.4 Å². The fourth-order valence-corrected chi connectivity index (χ4v) is 3.72. The van der Waals surface area contributed by atoms with Crippen molar-refractivity contribution in [2.45, 2.75) is 83.9 Å². The number of hydrogen-bond acceptors (Lipinski definition) is 6. The third-order valence-electron chi connectivity index (χ3n) is 5.17. The number of rotatable bonds is 3. The van der Waals surface area contributed by atoms with Gasteiger partial charge < -0.3 is 19.4 Å².